The third-order valence-corrected chi connectivity index (χ3v) is 1.79. The van der Waals surface area contributed by atoms with Gasteiger partial charge in [0, 0.05) is 13.7 Å². The second-order valence-corrected chi connectivity index (χ2v) is 2.96. The molecular weight excluding hydrogens is 168 g/mol. The summed E-state index contributed by atoms with van der Waals surface area (Å²) in [5.74, 6) is 0. The highest BCUT2D eigenvalue weighted by atomic mass is 16.5. The average molecular weight is 184 g/mol. The number of hydrogen-bond donors (Lipinski definition) is 1. The van der Waals surface area contributed by atoms with Crippen LogP contribution >= 0.6 is 0 Å². The third kappa shape index (κ3) is 2.82. The lowest BCUT2D eigenvalue weighted by molar-refractivity contribution is 0.116. The molecule has 0 spiro atoms. The molecule has 1 aromatic rings. The van der Waals surface area contributed by atoms with Gasteiger partial charge in [-0.1, -0.05) is 6.92 Å². The highest BCUT2D eigenvalue weighted by molar-refractivity contribution is 5.08. The molecule has 13 heavy (non-hydrogen) atoms. The number of nitrogens with zero attached hydrogens (tertiary/aromatic N) is 2. The molecule has 0 atom stereocenters. The van der Waals surface area contributed by atoms with Crippen LogP contribution in [0.5, 0.6) is 0 Å². The molecule has 1 rings (SSSR count). The Morgan fingerprint density at radius 3 is 2.92 bits per heavy atom. The van der Waals surface area contributed by atoms with Crippen molar-refractivity contribution in [1.29, 1.82) is 0 Å². The Hall–Kier alpha value is -0.870. The molecule has 0 saturated heterocycles. The van der Waals surface area contributed by atoms with Crippen molar-refractivity contribution in [1.82, 2.24) is 9.78 Å². The maximum atomic E-state index is 8.83. The molecule has 0 radical (unpaired) electrons. The quantitative estimate of drug-likeness (QED) is 0.690. The van der Waals surface area contributed by atoms with Crippen LogP contribution in [0.4, 0.5) is 0 Å². The molecule has 0 aromatic carbocycles. The second kappa shape index (κ2) is 4.99. The van der Waals surface area contributed by atoms with Gasteiger partial charge in [0.2, 0.25) is 0 Å². The summed E-state index contributed by atoms with van der Waals surface area (Å²) in [7, 11) is 1.85. The first-order valence-corrected chi connectivity index (χ1v) is 4.48. The predicted molar refractivity (Wildman–Crippen MR) is 49.1 cm³/mol. The monoisotopic (exact) mass is 184 g/mol. The molecule has 0 aliphatic heterocycles. The molecule has 4 heteroatoms. The molecule has 0 amide bonds. The fourth-order valence-electron chi connectivity index (χ4n) is 1.10. The Balaban J connectivity index is 2.50. The van der Waals surface area contributed by atoms with Crippen LogP contribution in [0.2, 0.25) is 0 Å². The van der Waals surface area contributed by atoms with E-state index in [1.807, 2.05) is 13.1 Å². The third-order valence-electron chi connectivity index (χ3n) is 1.79. The van der Waals surface area contributed by atoms with Gasteiger partial charge in [-0.25, -0.2) is 0 Å². The van der Waals surface area contributed by atoms with Crippen LogP contribution in [-0.2, 0) is 25.0 Å². The molecule has 0 aliphatic carbocycles. The molecule has 0 bridgehead atoms. The Bertz CT molecular complexity index is 258. The Morgan fingerprint density at radius 1 is 1.62 bits per heavy atom. The smallest absolute Gasteiger partial charge is 0.0884 e. The first-order chi connectivity index (χ1) is 6.27. The van der Waals surface area contributed by atoms with Gasteiger partial charge >= 0.3 is 0 Å². The van der Waals surface area contributed by atoms with E-state index < -0.39 is 0 Å². The molecule has 0 aliphatic rings. The topological polar surface area (TPSA) is 47.3 Å². The van der Waals surface area contributed by atoms with Gasteiger partial charge in [-0.05, 0) is 12.5 Å². The summed E-state index contributed by atoms with van der Waals surface area (Å²) in [6, 6.07) is 1.86. The van der Waals surface area contributed by atoms with Gasteiger partial charge in [-0.2, -0.15) is 5.10 Å². The van der Waals surface area contributed by atoms with E-state index in [-0.39, 0.29) is 6.61 Å². The van der Waals surface area contributed by atoms with Gasteiger partial charge in [0.05, 0.1) is 24.6 Å². The first-order valence-electron chi connectivity index (χ1n) is 4.48. The van der Waals surface area contributed by atoms with Gasteiger partial charge in [-0.3, -0.25) is 4.68 Å². The number of rotatable bonds is 5. The van der Waals surface area contributed by atoms with Crippen molar-refractivity contribution in [3.8, 4) is 0 Å². The number of aliphatic hydroxyl groups excluding tert-OH is 1. The highest BCUT2D eigenvalue weighted by Crippen LogP contribution is 2.04. The van der Waals surface area contributed by atoms with Gasteiger partial charge in [0.1, 0.15) is 0 Å². The fraction of sp³-hybridized carbons (Fsp3) is 0.667. The molecule has 0 fully saturated rings. The lowest BCUT2D eigenvalue weighted by Gasteiger charge is -2.01. The molecule has 1 aromatic heterocycles. The van der Waals surface area contributed by atoms with E-state index in [1.54, 1.807) is 4.68 Å². The molecular formula is C9H16N2O2. The Labute approximate surface area is 78.1 Å². The summed E-state index contributed by atoms with van der Waals surface area (Å²) in [4.78, 5) is 0. The number of aromatic nitrogens is 2. The maximum absolute atomic E-state index is 8.83. The fourth-order valence-corrected chi connectivity index (χ4v) is 1.10. The van der Waals surface area contributed by atoms with E-state index in [0.29, 0.717) is 12.3 Å². The standard InChI is InChI=1S/C9H16N2O2/c1-3-4-13-7-9-5-8(6-12)10-11(9)2/h5,12H,3-4,6-7H2,1-2H3. The number of hydrogen-bond acceptors (Lipinski definition) is 3. The van der Waals surface area contributed by atoms with Crippen molar-refractivity contribution in [3.63, 3.8) is 0 Å². The van der Waals surface area contributed by atoms with E-state index in [4.69, 9.17) is 9.84 Å². The van der Waals surface area contributed by atoms with Crippen molar-refractivity contribution in [2.24, 2.45) is 7.05 Å². The maximum Gasteiger partial charge on any atom is 0.0884 e. The number of aliphatic hydroxyl groups is 1. The van der Waals surface area contributed by atoms with Crippen molar-refractivity contribution in [3.05, 3.63) is 17.5 Å². The summed E-state index contributed by atoms with van der Waals surface area (Å²) >= 11 is 0. The lowest BCUT2D eigenvalue weighted by atomic mass is 10.4. The molecule has 1 N–H and O–H groups in total. The highest BCUT2D eigenvalue weighted by Gasteiger charge is 2.03. The van der Waals surface area contributed by atoms with Crippen LogP contribution < -0.4 is 0 Å². The van der Waals surface area contributed by atoms with Gasteiger partial charge in [0.15, 0.2) is 0 Å². The molecule has 74 valence electrons. The van der Waals surface area contributed by atoms with Crippen molar-refractivity contribution in [2.45, 2.75) is 26.6 Å². The van der Waals surface area contributed by atoms with Crippen molar-refractivity contribution < 1.29 is 9.84 Å². The van der Waals surface area contributed by atoms with E-state index in [1.165, 1.54) is 0 Å². The minimum absolute atomic E-state index is 0.0123. The van der Waals surface area contributed by atoms with Gasteiger partial charge in [0.25, 0.3) is 0 Å². The van der Waals surface area contributed by atoms with Crippen molar-refractivity contribution >= 4 is 0 Å². The Morgan fingerprint density at radius 2 is 2.38 bits per heavy atom. The minimum Gasteiger partial charge on any atom is -0.390 e. The average Bonchev–Trinajstić information content (AvgIpc) is 2.48. The summed E-state index contributed by atoms with van der Waals surface area (Å²) in [5.41, 5.74) is 1.69. The summed E-state index contributed by atoms with van der Waals surface area (Å²) < 4.78 is 7.10. The van der Waals surface area contributed by atoms with Crippen LogP contribution in [-0.4, -0.2) is 21.5 Å². The predicted octanol–water partition coefficient (Wildman–Crippen LogP) is 0.839. The van der Waals surface area contributed by atoms with Gasteiger partial charge < -0.3 is 9.84 Å². The van der Waals surface area contributed by atoms with E-state index in [9.17, 15) is 0 Å². The molecule has 4 nitrogen and oxygen atoms in total. The zero-order valence-corrected chi connectivity index (χ0v) is 8.16. The zero-order valence-electron chi connectivity index (χ0n) is 8.16. The summed E-state index contributed by atoms with van der Waals surface area (Å²) in [6.07, 6.45) is 1.02. The molecule has 0 unspecified atom stereocenters. The van der Waals surface area contributed by atoms with Gasteiger partial charge in [-0.15, -0.1) is 0 Å². The second-order valence-electron chi connectivity index (χ2n) is 2.96. The molecule has 0 saturated carbocycles. The van der Waals surface area contributed by atoms with Crippen LogP contribution in [0.3, 0.4) is 0 Å². The van der Waals surface area contributed by atoms with Crippen LogP contribution in [0, 0.1) is 0 Å². The van der Waals surface area contributed by atoms with E-state index >= 15 is 0 Å². The summed E-state index contributed by atoms with van der Waals surface area (Å²) in [5, 5.41) is 12.9. The van der Waals surface area contributed by atoms with Crippen LogP contribution in [0.1, 0.15) is 24.7 Å². The molecule has 1 heterocycles. The number of ether oxygens (including phenoxy) is 1. The van der Waals surface area contributed by atoms with E-state index in [2.05, 4.69) is 12.0 Å². The Kier molecular flexibility index (Phi) is 3.92. The summed E-state index contributed by atoms with van der Waals surface area (Å²) in [6.45, 7) is 3.39. The number of aryl methyl sites for hydroxylation is 1. The van der Waals surface area contributed by atoms with Crippen LogP contribution in [0.15, 0.2) is 6.07 Å². The van der Waals surface area contributed by atoms with Crippen LogP contribution in [0.25, 0.3) is 0 Å². The SMILES string of the molecule is CCCOCc1cc(CO)nn1C. The van der Waals surface area contributed by atoms with Crippen molar-refractivity contribution in [2.75, 3.05) is 6.61 Å². The van der Waals surface area contributed by atoms with E-state index in [0.717, 1.165) is 18.7 Å². The minimum atomic E-state index is -0.0123. The normalized spacial score (nSPS) is 10.7. The zero-order chi connectivity index (χ0) is 9.68. The first kappa shape index (κ1) is 10.2. The largest absolute Gasteiger partial charge is 0.390 e. The lowest BCUT2D eigenvalue weighted by Crippen LogP contribution is -2.01.